The van der Waals surface area contributed by atoms with Gasteiger partial charge in [-0.3, -0.25) is 0 Å². The molecule has 2 saturated heterocycles. The molecule has 2 fully saturated rings. The molecule has 122 valence electrons. The molecule has 0 aromatic carbocycles. The molecule has 2 amide bonds. The lowest BCUT2D eigenvalue weighted by Crippen LogP contribution is -2.54. The molecular weight excluding hydrogens is 300 g/mol. The molecule has 1 aromatic rings. The minimum absolute atomic E-state index is 0.0222. The highest BCUT2D eigenvalue weighted by Gasteiger charge is 2.44. The van der Waals surface area contributed by atoms with Gasteiger partial charge in [-0.05, 0) is 26.7 Å². The standard InChI is InChI=1S/C15H24N4O2S/c1-11(2)17-14(20)19-6-3-4-15(10-19)8-12(9-21-15)18-13-16-5-7-22-13/h5,7,11-12H,3-4,6,8-10H2,1-2H3,(H,16,18)(H,17,20)/t12-,15-/m0/s1. The molecule has 2 aliphatic rings. The van der Waals surface area contributed by atoms with Crippen LogP contribution in [0.5, 0.6) is 0 Å². The van der Waals surface area contributed by atoms with E-state index in [1.807, 2.05) is 24.1 Å². The molecule has 0 unspecified atom stereocenters. The predicted molar refractivity (Wildman–Crippen MR) is 87.3 cm³/mol. The molecule has 2 aliphatic heterocycles. The Kier molecular flexibility index (Phi) is 4.54. The van der Waals surface area contributed by atoms with Gasteiger partial charge in [0, 0.05) is 30.6 Å². The highest BCUT2D eigenvalue weighted by molar-refractivity contribution is 7.13. The first-order valence-corrected chi connectivity index (χ1v) is 8.80. The molecule has 0 aliphatic carbocycles. The van der Waals surface area contributed by atoms with Gasteiger partial charge in [0.05, 0.1) is 24.8 Å². The molecule has 22 heavy (non-hydrogen) atoms. The largest absolute Gasteiger partial charge is 0.371 e. The van der Waals surface area contributed by atoms with E-state index in [-0.39, 0.29) is 23.7 Å². The highest BCUT2D eigenvalue weighted by atomic mass is 32.1. The van der Waals surface area contributed by atoms with E-state index in [2.05, 4.69) is 15.6 Å². The number of carbonyl (C=O) groups is 1. The van der Waals surface area contributed by atoms with Crippen LogP contribution in [0.3, 0.4) is 0 Å². The monoisotopic (exact) mass is 324 g/mol. The summed E-state index contributed by atoms with van der Waals surface area (Å²) in [6.07, 6.45) is 4.75. The third kappa shape index (κ3) is 3.52. The van der Waals surface area contributed by atoms with Crippen molar-refractivity contribution in [2.45, 2.75) is 50.8 Å². The molecule has 0 bridgehead atoms. The van der Waals surface area contributed by atoms with Crippen LogP contribution in [0, 0.1) is 0 Å². The molecule has 6 nitrogen and oxygen atoms in total. The number of urea groups is 1. The number of nitrogens with one attached hydrogen (secondary N) is 2. The van der Waals surface area contributed by atoms with Gasteiger partial charge in [-0.25, -0.2) is 9.78 Å². The van der Waals surface area contributed by atoms with Crippen molar-refractivity contribution >= 4 is 22.5 Å². The second-order valence-corrected chi connectivity index (χ2v) is 7.40. The van der Waals surface area contributed by atoms with Crippen LogP contribution >= 0.6 is 11.3 Å². The molecule has 7 heteroatoms. The Morgan fingerprint density at radius 2 is 2.45 bits per heavy atom. The Morgan fingerprint density at radius 3 is 3.18 bits per heavy atom. The number of aromatic nitrogens is 1. The maximum atomic E-state index is 12.2. The van der Waals surface area contributed by atoms with Gasteiger partial charge in [-0.2, -0.15) is 0 Å². The van der Waals surface area contributed by atoms with Crippen LogP contribution in [0.1, 0.15) is 33.1 Å². The number of carbonyl (C=O) groups excluding carboxylic acids is 1. The summed E-state index contributed by atoms with van der Waals surface area (Å²) in [6.45, 7) is 6.14. The van der Waals surface area contributed by atoms with E-state index in [4.69, 9.17) is 4.74 Å². The minimum atomic E-state index is -0.193. The third-order valence-electron chi connectivity index (χ3n) is 4.21. The zero-order valence-electron chi connectivity index (χ0n) is 13.2. The maximum Gasteiger partial charge on any atom is 0.317 e. The van der Waals surface area contributed by atoms with Crippen molar-refractivity contribution in [3.63, 3.8) is 0 Å². The molecule has 2 N–H and O–H groups in total. The number of amides is 2. The second-order valence-electron chi connectivity index (χ2n) is 6.51. The lowest BCUT2D eigenvalue weighted by atomic mass is 9.89. The summed E-state index contributed by atoms with van der Waals surface area (Å²) >= 11 is 1.60. The molecule has 1 aromatic heterocycles. The number of ether oxygens (including phenoxy) is 1. The molecule has 0 saturated carbocycles. The third-order valence-corrected chi connectivity index (χ3v) is 4.91. The van der Waals surface area contributed by atoms with Crippen molar-refractivity contribution in [3.8, 4) is 0 Å². The Balaban J connectivity index is 1.58. The Labute approximate surface area is 135 Å². The number of nitrogens with zero attached hydrogens (tertiary/aromatic N) is 2. The molecule has 1 spiro atoms. The predicted octanol–water partition coefficient (Wildman–Crippen LogP) is 2.30. The Hall–Kier alpha value is -1.34. The van der Waals surface area contributed by atoms with Gasteiger partial charge in [0.2, 0.25) is 0 Å². The van der Waals surface area contributed by atoms with Crippen LogP contribution in [0.4, 0.5) is 9.93 Å². The van der Waals surface area contributed by atoms with Crippen LogP contribution in [-0.4, -0.2) is 53.3 Å². The zero-order chi connectivity index (χ0) is 15.6. The number of hydrogen-bond acceptors (Lipinski definition) is 5. The van der Waals surface area contributed by atoms with Crippen molar-refractivity contribution < 1.29 is 9.53 Å². The van der Waals surface area contributed by atoms with E-state index in [1.54, 1.807) is 17.5 Å². The molecule has 0 radical (unpaired) electrons. The van der Waals surface area contributed by atoms with Crippen LogP contribution in [0.2, 0.25) is 0 Å². The summed E-state index contributed by atoms with van der Waals surface area (Å²) < 4.78 is 6.12. The van der Waals surface area contributed by atoms with E-state index < -0.39 is 0 Å². The average Bonchev–Trinajstić information content (AvgIpc) is 3.10. The average molecular weight is 324 g/mol. The summed E-state index contributed by atoms with van der Waals surface area (Å²) in [5.41, 5.74) is -0.193. The van der Waals surface area contributed by atoms with Crippen molar-refractivity contribution in [2.75, 3.05) is 25.0 Å². The normalized spacial score (nSPS) is 28.3. The second kappa shape index (κ2) is 6.42. The quantitative estimate of drug-likeness (QED) is 0.895. The van der Waals surface area contributed by atoms with E-state index in [0.29, 0.717) is 13.2 Å². The number of anilines is 1. The first kappa shape index (κ1) is 15.6. The van der Waals surface area contributed by atoms with Crippen LogP contribution < -0.4 is 10.6 Å². The summed E-state index contributed by atoms with van der Waals surface area (Å²) in [5.74, 6) is 0. The van der Waals surface area contributed by atoms with Gasteiger partial charge in [-0.1, -0.05) is 0 Å². The van der Waals surface area contributed by atoms with E-state index in [1.165, 1.54) is 0 Å². The SMILES string of the molecule is CC(C)NC(=O)N1CCC[C@]2(C[C@H](Nc3nccs3)CO2)C1. The van der Waals surface area contributed by atoms with Gasteiger partial charge in [0.25, 0.3) is 0 Å². The van der Waals surface area contributed by atoms with Gasteiger partial charge < -0.3 is 20.3 Å². The van der Waals surface area contributed by atoms with E-state index >= 15 is 0 Å². The molecule has 2 atom stereocenters. The smallest absolute Gasteiger partial charge is 0.317 e. The van der Waals surface area contributed by atoms with Crippen LogP contribution in [0.15, 0.2) is 11.6 Å². The summed E-state index contributed by atoms with van der Waals surface area (Å²) in [7, 11) is 0. The van der Waals surface area contributed by atoms with Gasteiger partial charge in [0.15, 0.2) is 5.13 Å². The lowest BCUT2D eigenvalue weighted by molar-refractivity contribution is -0.0410. The fourth-order valence-corrected chi connectivity index (χ4v) is 3.91. The fraction of sp³-hybridized carbons (Fsp3) is 0.733. The van der Waals surface area contributed by atoms with Gasteiger partial charge in [-0.15, -0.1) is 11.3 Å². The topological polar surface area (TPSA) is 66.5 Å². The fourth-order valence-electron chi connectivity index (χ4n) is 3.30. The summed E-state index contributed by atoms with van der Waals surface area (Å²) in [6, 6.07) is 0.461. The van der Waals surface area contributed by atoms with Crippen LogP contribution in [0.25, 0.3) is 0 Å². The van der Waals surface area contributed by atoms with E-state index in [0.717, 1.165) is 30.9 Å². The Morgan fingerprint density at radius 1 is 1.59 bits per heavy atom. The summed E-state index contributed by atoms with van der Waals surface area (Å²) in [4.78, 5) is 18.4. The number of rotatable bonds is 3. The first-order valence-electron chi connectivity index (χ1n) is 7.92. The van der Waals surface area contributed by atoms with Crippen molar-refractivity contribution in [1.29, 1.82) is 0 Å². The van der Waals surface area contributed by atoms with Gasteiger partial charge in [0.1, 0.15) is 0 Å². The number of likely N-dealkylation sites (tertiary alicyclic amines) is 1. The molecule has 3 rings (SSSR count). The number of piperidine rings is 1. The first-order chi connectivity index (χ1) is 10.6. The van der Waals surface area contributed by atoms with E-state index in [9.17, 15) is 4.79 Å². The lowest BCUT2D eigenvalue weighted by Gasteiger charge is -2.39. The maximum absolute atomic E-state index is 12.2. The molecular formula is C15H24N4O2S. The summed E-state index contributed by atoms with van der Waals surface area (Å²) in [5, 5.41) is 9.31. The zero-order valence-corrected chi connectivity index (χ0v) is 14.0. The van der Waals surface area contributed by atoms with Crippen molar-refractivity contribution in [3.05, 3.63) is 11.6 Å². The van der Waals surface area contributed by atoms with Gasteiger partial charge >= 0.3 is 6.03 Å². The van der Waals surface area contributed by atoms with Crippen molar-refractivity contribution in [2.24, 2.45) is 0 Å². The van der Waals surface area contributed by atoms with Crippen LogP contribution in [-0.2, 0) is 4.74 Å². The number of thiazole rings is 1. The molecule has 3 heterocycles. The number of hydrogen-bond donors (Lipinski definition) is 2. The minimum Gasteiger partial charge on any atom is -0.371 e. The van der Waals surface area contributed by atoms with Crippen molar-refractivity contribution in [1.82, 2.24) is 15.2 Å². The highest BCUT2D eigenvalue weighted by Crippen LogP contribution is 2.36. The Bertz CT molecular complexity index is 508.